The molecule has 82 valence electrons. The minimum atomic E-state index is -0.190. The summed E-state index contributed by atoms with van der Waals surface area (Å²) in [5.41, 5.74) is -0.190. The van der Waals surface area contributed by atoms with Crippen molar-refractivity contribution in [1.29, 1.82) is 0 Å². The lowest BCUT2D eigenvalue weighted by Gasteiger charge is -2.31. The third-order valence-electron chi connectivity index (χ3n) is 3.28. The van der Waals surface area contributed by atoms with Gasteiger partial charge in [-0.1, -0.05) is 36.7 Å². The van der Waals surface area contributed by atoms with Crippen LogP contribution in [0.15, 0.2) is 0 Å². The quantitative estimate of drug-likeness (QED) is 0.716. The molecule has 0 saturated carbocycles. The third kappa shape index (κ3) is 2.30. The average molecular weight is 262 g/mol. The topological polar surface area (TPSA) is 20.3 Å². The van der Waals surface area contributed by atoms with Crippen molar-refractivity contribution in [1.82, 2.24) is 4.90 Å². The fourth-order valence-corrected chi connectivity index (χ4v) is 2.48. The van der Waals surface area contributed by atoms with E-state index in [1.165, 1.54) is 0 Å². The van der Waals surface area contributed by atoms with Gasteiger partial charge >= 0.3 is 0 Å². The van der Waals surface area contributed by atoms with Gasteiger partial charge in [-0.3, -0.25) is 4.79 Å². The van der Waals surface area contributed by atoms with Crippen molar-refractivity contribution in [3.05, 3.63) is 0 Å². The van der Waals surface area contributed by atoms with Gasteiger partial charge in [-0.15, -0.1) is 0 Å². The molecule has 3 heteroatoms. The zero-order valence-electron chi connectivity index (χ0n) is 9.35. The molecular formula is C11H20BrNO. The van der Waals surface area contributed by atoms with Crippen LogP contribution in [0.1, 0.15) is 40.0 Å². The normalized spacial score (nSPS) is 22.9. The predicted octanol–water partition coefficient (Wildman–Crippen LogP) is 2.81. The molecule has 1 saturated heterocycles. The Balaban J connectivity index is 2.69. The number of hydrogen-bond acceptors (Lipinski definition) is 1. The summed E-state index contributed by atoms with van der Waals surface area (Å²) < 4.78 is 0. The molecule has 0 aromatic heterocycles. The second-order valence-corrected chi connectivity index (χ2v) is 5.33. The van der Waals surface area contributed by atoms with Crippen LogP contribution in [0, 0.1) is 5.41 Å². The first-order valence-electron chi connectivity index (χ1n) is 5.40. The molecule has 0 N–H and O–H groups in total. The largest absolute Gasteiger partial charge is 0.338 e. The van der Waals surface area contributed by atoms with Crippen LogP contribution in [0.4, 0.5) is 0 Å². The van der Waals surface area contributed by atoms with E-state index in [1.807, 2.05) is 13.8 Å². The Morgan fingerprint density at radius 1 is 1.57 bits per heavy atom. The lowest BCUT2D eigenvalue weighted by Crippen LogP contribution is -2.44. The molecule has 1 aliphatic rings. The number of amides is 1. The summed E-state index contributed by atoms with van der Waals surface area (Å²) in [6, 6.07) is 0.424. The average Bonchev–Trinajstić information content (AvgIpc) is 2.64. The number of rotatable bonds is 3. The van der Waals surface area contributed by atoms with Crippen molar-refractivity contribution in [3.63, 3.8) is 0 Å². The maximum absolute atomic E-state index is 12.2. The van der Waals surface area contributed by atoms with Crippen LogP contribution in [0.25, 0.3) is 0 Å². The molecule has 0 radical (unpaired) electrons. The van der Waals surface area contributed by atoms with Crippen LogP contribution >= 0.6 is 15.9 Å². The van der Waals surface area contributed by atoms with Gasteiger partial charge < -0.3 is 4.90 Å². The molecule has 0 aromatic carbocycles. The van der Waals surface area contributed by atoms with Crippen LogP contribution in [0.2, 0.25) is 0 Å². The standard InChI is InChI=1S/C11H20BrNO/c1-4-11(2,3)10(14)13-7-5-6-9(13)8-12/h9H,4-8H2,1-3H3. The van der Waals surface area contributed by atoms with Gasteiger partial charge in [-0.05, 0) is 19.3 Å². The summed E-state index contributed by atoms with van der Waals surface area (Å²) in [5, 5.41) is 0.915. The van der Waals surface area contributed by atoms with E-state index in [0.717, 1.165) is 31.1 Å². The first-order valence-corrected chi connectivity index (χ1v) is 6.52. The van der Waals surface area contributed by atoms with E-state index in [9.17, 15) is 4.79 Å². The molecule has 14 heavy (non-hydrogen) atoms. The van der Waals surface area contributed by atoms with Crippen LogP contribution in [-0.2, 0) is 4.79 Å². The highest BCUT2D eigenvalue weighted by molar-refractivity contribution is 9.09. The van der Waals surface area contributed by atoms with Gasteiger partial charge in [0.2, 0.25) is 5.91 Å². The van der Waals surface area contributed by atoms with Crippen LogP contribution < -0.4 is 0 Å². The van der Waals surface area contributed by atoms with Crippen molar-refractivity contribution in [2.24, 2.45) is 5.41 Å². The van der Waals surface area contributed by atoms with Crippen LogP contribution in [0.5, 0.6) is 0 Å². The lowest BCUT2D eigenvalue weighted by molar-refractivity contribution is -0.140. The first-order chi connectivity index (χ1) is 6.53. The second kappa shape index (κ2) is 4.65. The van der Waals surface area contributed by atoms with E-state index in [2.05, 4.69) is 27.8 Å². The Labute approximate surface area is 95.2 Å². The summed E-state index contributed by atoms with van der Waals surface area (Å²) in [5.74, 6) is 0.321. The molecule has 1 aliphatic heterocycles. The number of nitrogens with zero attached hydrogens (tertiary/aromatic N) is 1. The Morgan fingerprint density at radius 2 is 2.21 bits per heavy atom. The Kier molecular flexibility index (Phi) is 3.99. The molecule has 2 nitrogen and oxygen atoms in total. The summed E-state index contributed by atoms with van der Waals surface area (Å²) in [6.45, 7) is 7.10. The first kappa shape index (κ1) is 12.0. The fourth-order valence-electron chi connectivity index (χ4n) is 1.80. The number of likely N-dealkylation sites (tertiary alicyclic amines) is 1. The molecule has 1 rings (SSSR count). The van der Waals surface area contributed by atoms with E-state index >= 15 is 0 Å². The van der Waals surface area contributed by atoms with Crippen molar-refractivity contribution in [3.8, 4) is 0 Å². The van der Waals surface area contributed by atoms with Crippen molar-refractivity contribution in [2.45, 2.75) is 46.1 Å². The van der Waals surface area contributed by atoms with Gasteiger partial charge in [-0.25, -0.2) is 0 Å². The van der Waals surface area contributed by atoms with Gasteiger partial charge in [0, 0.05) is 23.3 Å². The van der Waals surface area contributed by atoms with Crippen LogP contribution in [-0.4, -0.2) is 28.7 Å². The predicted molar refractivity (Wildman–Crippen MR) is 62.6 cm³/mol. The van der Waals surface area contributed by atoms with Crippen LogP contribution in [0.3, 0.4) is 0 Å². The molecule has 0 aromatic rings. The van der Waals surface area contributed by atoms with Gasteiger partial charge in [0.05, 0.1) is 0 Å². The highest BCUT2D eigenvalue weighted by Crippen LogP contribution is 2.28. The number of alkyl halides is 1. The summed E-state index contributed by atoms with van der Waals surface area (Å²) in [4.78, 5) is 14.2. The Morgan fingerprint density at radius 3 is 2.71 bits per heavy atom. The van der Waals surface area contributed by atoms with Crippen molar-refractivity contribution >= 4 is 21.8 Å². The van der Waals surface area contributed by atoms with Crippen molar-refractivity contribution < 1.29 is 4.79 Å². The molecular weight excluding hydrogens is 242 g/mol. The van der Waals surface area contributed by atoms with Gasteiger partial charge in [0.1, 0.15) is 0 Å². The fraction of sp³-hybridized carbons (Fsp3) is 0.909. The Hall–Kier alpha value is -0.0500. The molecule has 1 amide bonds. The van der Waals surface area contributed by atoms with Gasteiger partial charge in [0.15, 0.2) is 0 Å². The third-order valence-corrected chi connectivity index (χ3v) is 4.03. The van der Waals surface area contributed by atoms with E-state index in [1.54, 1.807) is 0 Å². The maximum atomic E-state index is 12.2. The van der Waals surface area contributed by atoms with E-state index < -0.39 is 0 Å². The summed E-state index contributed by atoms with van der Waals surface area (Å²) >= 11 is 3.48. The van der Waals surface area contributed by atoms with E-state index in [0.29, 0.717) is 11.9 Å². The lowest BCUT2D eigenvalue weighted by atomic mass is 9.88. The summed E-state index contributed by atoms with van der Waals surface area (Å²) in [7, 11) is 0. The molecule has 1 unspecified atom stereocenters. The molecule has 1 heterocycles. The molecule has 1 fully saturated rings. The SMILES string of the molecule is CCC(C)(C)C(=O)N1CCCC1CBr. The number of carbonyl (C=O) groups is 1. The molecule has 0 aliphatic carbocycles. The monoisotopic (exact) mass is 261 g/mol. The van der Waals surface area contributed by atoms with E-state index in [4.69, 9.17) is 0 Å². The minimum Gasteiger partial charge on any atom is -0.338 e. The number of hydrogen-bond donors (Lipinski definition) is 0. The highest BCUT2D eigenvalue weighted by atomic mass is 79.9. The molecule has 1 atom stereocenters. The van der Waals surface area contributed by atoms with Gasteiger partial charge in [0.25, 0.3) is 0 Å². The van der Waals surface area contributed by atoms with Crippen molar-refractivity contribution in [2.75, 3.05) is 11.9 Å². The minimum absolute atomic E-state index is 0.190. The highest BCUT2D eigenvalue weighted by Gasteiger charge is 2.35. The Bertz CT molecular complexity index is 215. The summed E-state index contributed by atoms with van der Waals surface area (Å²) in [6.07, 6.45) is 3.22. The molecule has 0 spiro atoms. The zero-order chi connectivity index (χ0) is 10.8. The zero-order valence-corrected chi connectivity index (χ0v) is 10.9. The van der Waals surface area contributed by atoms with Gasteiger partial charge in [-0.2, -0.15) is 0 Å². The number of halogens is 1. The molecule has 0 bridgehead atoms. The maximum Gasteiger partial charge on any atom is 0.228 e. The smallest absolute Gasteiger partial charge is 0.228 e. The van der Waals surface area contributed by atoms with E-state index in [-0.39, 0.29) is 5.41 Å². The number of carbonyl (C=O) groups excluding carboxylic acids is 1. The second-order valence-electron chi connectivity index (χ2n) is 4.69.